The Labute approximate surface area is 196 Å². The smallest absolute Gasteiger partial charge is 0.405 e. The molecule has 2 N–H and O–H groups in total. The average molecular weight is 473 g/mol. The highest BCUT2D eigenvalue weighted by molar-refractivity contribution is 5.79. The van der Waals surface area contributed by atoms with Gasteiger partial charge in [0.2, 0.25) is 5.91 Å². The number of carbonyl (C=O) groups is 1. The third kappa shape index (κ3) is 5.25. The number of likely N-dealkylation sites (N-methyl/N-ethyl adjacent to an activating group) is 1. The molecule has 2 unspecified atom stereocenters. The molecule has 1 saturated heterocycles. The van der Waals surface area contributed by atoms with Crippen LogP contribution in [0.3, 0.4) is 0 Å². The summed E-state index contributed by atoms with van der Waals surface area (Å²) in [5, 5.41) is 2.91. The van der Waals surface area contributed by atoms with Crippen molar-refractivity contribution in [1.82, 2.24) is 20.2 Å². The van der Waals surface area contributed by atoms with Crippen LogP contribution in [0.2, 0.25) is 0 Å². The van der Waals surface area contributed by atoms with E-state index in [2.05, 4.69) is 26.9 Å². The lowest BCUT2D eigenvalue weighted by atomic mass is 10.0. The molecule has 0 radical (unpaired) electrons. The van der Waals surface area contributed by atoms with Gasteiger partial charge in [0, 0.05) is 12.1 Å². The summed E-state index contributed by atoms with van der Waals surface area (Å²) in [6, 6.07) is 11.8. The molecule has 6 nitrogen and oxygen atoms in total. The molecule has 1 aromatic heterocycles. The molecule has 34 heavy (non-hydrogen) atoms. The Morgan fingerprint density at radius 3 is 2.59 bits per heavy atom. The third-order valence-electron chi connectivity index (χ3n) is 5.94. The van der Waals surface area contributed by atoms with Gasteiger partial charge < -0.3 is 19.9 Å². The molecule has 0 saturated carbocycles. The van der Waals surface area contributed by atoms with E-state index in [0.717, 1.165) is 23.5 Å². The number of rotatable bonds is 6. The Kier molecular flexibility index (Phi) is 6.65. The van der Waals surface area contributed by atoms with Gasteiger partial charge >= 0.3 is 6.36 Å². The van der Waals surface area contributed by atoms with Crippen molar-refractivity contribution < 1.29 is 22.7 Å². The third-order valence-corrected chi connectivity index (χ3v) is 5.94. The molecule has 0 bridgehead atoms. The Bertz CT molecular complexity index is 1160. The molecule has 4 rings (SSSR count). The first-order chi connectivity index (χ1) is 16.1. The molecule has 1 aliphatic rings. The van der Waals surface area contributed by atoms with Crippen LogP contribution in [-0.4, -0.2) is 47.3 Å². The van der Waals surface area contributed by atoms with E-state index in [4.69, 9.17) is 0 Å². The zero-order chi connectivity index (χ0) is 24.5. The maximum absolute atomic E-state index is 12.9. The molecular formula is C25H27F3N4O2. The molecule has 1 amide bonds. The zero-order valence-corrected chi connectivity index (χ0v) is 19.2. The summed E-state index contributed by atoms with van der Waals surface area (Å²) in [4.78, 5) is 22.2. The largest absolute Gasteiger partial charge is 0.573 e. The minimum atomic E-state index is -4.77. The fourth-order valence-electron chi connectivity index (χ4n) is 4.39. The fourth-order valence-corrected chi connectivity index (χ4v) is 4.39. The minimum absolute atomic E-state index is 0.0362. The van der Waals surface area contributed by atoms with Crippen molar-refractivity contribution in [3.8, 4) is 28.1 Å². The minimum Gasteiger partial charge on any atom is -0.405 e. The Morgan fingerprint density at radius 1 is 1.21 bits per heavy atom. The zero-order valence-electron chi connectivity index (χ0n) is 19.2. The predicted octanol–water partition coefficient (Wildman–Crippen LogP) is 5.08. The van der Waals surface area contributed by atoms with Crippen molar-refractivity contribution in [3.05, 3.63) is 60.0 Å². The van der Waals surface area contributed by atoms with Crippen molar-refractivity contribution in [3.63, 3.8) is 0 Å². The standard InChI is InChI=1S/C25H27F3N4O2/c1-15-4-9-19(22(11-15)34-25(26,27)28)17-5-7-18(8-6-17)20-12-30-24(31-20)21-10-16(2)14-32(21)23(33)13-29-3/h4-9,11-12,16,21,29H,10,13-14H2,1-3H3,(H,30,31). The van der Waals surface area contributed by atoms with Gasteiger partial charge in [-0.2, -0.15) is 0 Å². The number of ether oxygens (including phenoxy) is 1. The number of amides is 1. The van der Waals surface area contributed by atoms with Gasteiger partial charge in [0.05, 0.1) is 24.5 Å². The average Bonchev–Trinajstić information content (AvgIpc) is 3.40. The lowest BCUT2D eigenvalue weighted by Gasteiger charge is -2.23. The molecule has 9 heteroatoms. The van der Waals surface area contributed by atoms with Gasteiger partial charge in [0.15, 0.2) is 0 Å². The van der Waals surface area contributed by atoms with E-state index in [0.29, 0.717) is 29.2 Å². The molecule has 2 heterocycles. The summed E-state index contributed by atoms with van der Waals surface area (Å²) in [5.41, 5.74) is 3.26. The van der Waals surface area contributed by atoms with E-state index in [-0.39, 0.29) is 24.2 Å². The van der Waals surface area contributed by atoms with Crippen molar-refractivity contribution in [2.75, 3.05) is 20.1 Å². The van der Waals surface area contributed by atoms with E-state index in [1.165, 1.54) is 6.07 Å². The SMILES string of the molecule is CNCC(=O)N1CC(C)CC1c1ncc(-c2ccc(-c3ccc(C)cc3OC(F)(F)F)cc2)[nH]1. The highest BCUT2D eigenvalue weighted by Gasteiger charge is 2.35. The Hall–Kier alpha value is -3.33. The van der Waals surface area contributed by atoms with E-state index in [1.54, 1.807) is 44.4 Å². The normalized spacial score (nSPS) is 18.4. The second kappa shape index (κ2) is 9.50. The van der Waals surface area contributed by atoms with Gasteiger partial charge in [-0.1, -0.05) is 43.3 Å². The van der Waals surface area contributed by atoms with E-state index in [1.807, 2.05) is 17.0 Å². The topological polar surface area (TPSA) is 70.2 Å². The summed E-state index contributed by atoms with van der Waals surface area (Å²) in [5.74, 6) is 0.911. The number of hydrogen-bond acceptors (Lipinski definition) is 4. The number of likely N-dealkylation sites (tertiary alicyclic amines) is 1. The summed E-state index contributed by atoms with van der Waals surface area (Å²) in [6.07, 6.45) is -2.22. The number of nitrogens with zero attached hydrogens (tertiary/aromatic N) is 2. The number of halogens is 3. The lowest BCUT2D eigenvalue weighted by Crippen LogP contribution is -2.37. The van der Waals surface area contributed by atoms with Gasteiger partial charge in [-0.3, -0.25) is 4.79 Å². The van der Waals surface area contributed by atoms with Gasteiger partial charge in [0.1, 0.15) is 11.6 Å². The van der Waals surface area contributed by atoms with Crippen LogP contribution in [0.5, 0.6) is 5.75 Å². The maximum atomic E-state index is 12.9. The number of aromatic nitrogens is 2. The van der Waals surface area contributed by atoms with Crippen LogP contribution < -0.4 is 10.1 Å². The van der Waals surface area contributed by atoms with Crippen molar-refractivity contribution in [2.24, 2.45) is 5.92 Å². The number of alkyl halides is 3. The summed E-state index contributed by atoms with van der Waals surface area (Å²) >= 11 is 0. The van der Waals surface area contributed by atoms with Crippen LogP contribution in [0, 0.1) is 12.8 Å². The fraction of sp³-hybridized carbons (Fsp3) is 0.360. The molecule has 2 aromatic carbocycles. The number of benzene rings is 2. The van der Waals surface area contributed by atoms with Gasteiger partial charge in [-0.15, -0.1) is 13.2 Å². The quantitative estimate of drug-likeness (QED) is 0.525. The number of aryl methyl sites for hydroxylation is 1. The molecule has 1 fully saturated rings. The van der Waals surface area contributed by atoms with Crippen LogP contribution >= 0.6 is 0 Å². The van der Waals surface area contributed by atoms with Crippen molar-refractivity contribution in [1.29, 1.82) is 0 Å². The second-order valence-corrected chi connectivity index (χ2v) is 8.74. The first-order valence-corrected chi connectivity index (χ1v) is 11.1. The molecule has 3 aromatic rings. The molecule has 1 aliphatic heterocycles. The first-order valence-electron chi connectivity index (χ1n) is 11.1. The highest BCUT2D eigenvalue weighted by Crippen LogP contribution is 2.37. The number of nitrogens with one attached hydrogen (secondary N) is 2. The van der Waals surface area contributed by atoms with Crippen LogP contribution in [0.4, 0.5) is 13.2 Å². The van der Waals surface area contributed by atoms with Crippen LogP contribution in [0.1, 0.15) is 30.8 Å². The van der Waals surface area contributed by atoms with E-state index >= 15 is 0 Å². The number of imidazole rings is 1. The summed E-state index contributed by atoms with van der Waals surface area (Å²) < 4.78 is 42.8. The maximum Gasteiger partial charge on any atom is 0.573 e. The van der Waals surface area contributed by atoms with E-state index in [9.17, 15) is 18.0 Å². The second-order valence-electron chi connectivity index (χ2n) is 8.74. The number of hydrogen-bond donors (Lipinski definition) is 2. The van der Waals surface area contributed by atoms with Crippen molar-refractivity contribution >= 4 is 5.91 Å². The van der Waals surface area contributed by atoms with Crippen LogP contribution in [-0.2, 0) is 4.79 Å². The van der Waals surface area contributed by atoms with Crippen LogP contribution in [0.15, 0.2) is 48.7 Å². The lowest BCUT2D eigenvalue weighted by molar-refractivity contribution is -0.274. The predicted molar refractivity (Wildman–Crippen MR) is 123 cm³/mol. The van der Waals surface area contributed by atoms with Crippen LogP contribution in [0.25, 0.3) is 22.4 Å². The first kappa shape index (κ1) is 23.8. The number of carbonyl (C=O) groups excluding carboxylic acids is 1. The molecule has 2 atom stereocenters. The molecule has 0 aliphatic carbocycles. The van der Waals surface area contributed by atoms with Gasteiger partial charge in [-0.25, -0.2) is 4.98 Å². The Morgan fingerprint density at radius 2 is 1.91 bits per heavy atom. The van der Waals surface area contributed by atoms with E-state index < -0.39 is 6.36 Å². The number of H-pyrrole nitrogens is 1. The highest BCUT2D eigenvalue weighted by atomic mass is 19.4. The van der Waals surface area contributed by atoms with Crippen molar-refractivity contribution in [2.45, 2.75) is 32.7 Å². The molecule has 180 valence electrons. The van der Waals surface area contributed by atoms with Gasteiger partial charge in [0.25, 0.3) is 0 Å². The Balaban J connectivity index is 1.57. The summed E-state index contributed by atoms with van der Waals surface area (Å²) in [7, 11) is 1.75. The molecular weight excluding hydrogens is 445 g/mol. The monoisotopic (exact) mass is 472 g/mol. The number of aromatic amines is 1. The summed E-state index contributed by atoms with van der Waals surface area (Å²) in [6.45, 7) is 4.79. The van der Waals surface area contributed by atoms with Gasteiger partial charge in [-0.05, 0) is 49.1 Å². The molecule has 0 spiro atoms.